The molecule has 4 rings (SSSR count). The Bertz CT molecular complexity index is 959. The molecule has 1 atom stereocenters. The summed E-state index contributed by atoms with van der Waals surface area (Å²) in [7, 11) is 0. The van der Waals surface area contributed by atoms with Gasteiger partial charge in [-0.25, -0.2) is 15.4 Å². The topological polar surface area (TPSA) is 88.0 Å². The number of amides is 1. The fraction of sp³-hybridized carbons (Fsp3) is 0.238. The summed E-state index contributed by atoms with van der Waals surface area (Å²) in [5.74, 6) is 0.774. The lowest BCUT2D eigenvalue weighted by molar-refractivity contribution is 0.0706. The number of aryl methyl sites for hydroxylation is 1. The van der Waals surface area contributed by atoms with Gasteiger partial charge in [0.15, 0.2) is 0 Å². The van der Waals surface area contributed by atoms with Gasteiger partial charge in [-0.2, -0.15) is 0 Å². The lowest BCUT2D eigenvalue weighted by Crippen LogP contribution is -2.21. The summed E-state index contributed by atoms with van der Waals surface area (Å²) in [6, 6.07) is 11.4. The molecule has 27 heavy (non-hydrogen) atoms. The zero-order valence-electron chi connectivity index (χ0n) is 14.8. The van der Waals surface area contributed by atoms with E-state index in [-0.39, 0.29) is 0 Å². The van der Waals surface area contributed by atoms with Gasteiger partial charge in [-0.1, -0.05) is 6.07 Å². The summed E-state index contributed by atoms with van der Waals surface area (Å²) < 4.78 is 0. The molecular formula is C21H20N4O2. The second kappa shape index (κ2) is 7.63. The summed E-state index contributed by atoms with van der Waals surface area (Å²) in [6.45, 7) is 0. The van der Waals surface area contributed by atoms with Crippen molar-refractivity contribution < 1.29 is 10.0 Å². The van der Waals surface area contributed by atoms with E-state index in [4.69, 9.17) is 10.2 Å². The van der Waals surface area contributed by atoms with Crippen LogP contribution in [-0.4, -0.2) is 26.1 Å². The highest BCUT2D eigenvalue weighted by molar-refractivity contribution is 5.93. The number of carbonyl (C=O) groups is 1. The number of aromatic nitrogens is 3. The van der Waals surface area contributed by atoms with Crippen molar-refractivity contribution in [1.82, 2.24) is 20.4 Å². The van der Waals surface area contributed by atoms with Gasteiger partial charge in [0.05, 0.1) is 5.69 Å². The second-order valence-electron chi connectivity index (χ2n) is 6.84. The Balaban J connectivity index is 1.51. The van der Waals surface area contributed by atoms with E-state index in [0.717, 1.165) is 48.3 Å². The second-order valence-corrected chi connectivity index (χ2v) is 6.84. The first kappa shape index (κ1) is 17.3. The Kier molecular flexibility index (Phi) is 4.89. The zero-order valence-corrected chi connectivity index (χ0v) is 14.8. The molecule has 1 aliphatic rings. The molecule has 2 heterocycles. The van der Waals surface area contributed by atoms with Gasteiger partial charge in [-0.05, 0) is 66.6 Å². The van der Waals surface area contributed by atoms with Crippen molar-refractivity contribution in [3.63, 3.8) is 0 Å². The molecule has 2 N–H and O–H groups in total. The van der Waals surface area contributed by atoms with Crippen LogP contribution in [-0.2, 0) is 19.3 Å². The maximum atomic E-state index is 11.7. The number of fused-ring (bicyclic) bond motifs is 1. The highest BCUT2D eigenvalue weighted by Gasteiger charge is 2.21. The number of rotatable bonds is 4. The predicted octanol–water partition coefficient (Wildman–Crippen LogP) is 3.01. The molecule has 1 unspecified atom stereocenters. The van der Waals surface area contributed by atoms with Crippen LogP contribution in [0.15, 0.2) is 55.0 Å². The van der Waals surface area contributed by atoms with Crippen LogP contribution in [0.3, 0.4) is 0 Å². The minimum atomic E-state index is -0.479. The molecular weight excluding hydrogens is 340 g/mol. The van der Waals surface area contributed by atoms with E-state index < -0.39 is 5.91 Å². The molecule has 0 radical (unpaired) electrons. The third kappa shape index (κ3) is 3.85. The van der Waals surface area contributed by atoms with Crippen molar-refractivity contribution in [2.75, 3.05) is 0 Å². The van der Waals surface area contributed by atoms with Crippen molar-refractivity contribution in [1.29, 1.82) is 0 Å². The van der Waals surface area contributed by atoms with Gasteiger partial charge < -0.3 is 0 Å². The number of hydrogen-bond acceptors (Lipinski definition) is 5. The molecule has 6 nitrogen and oxygen atoms in total. The molecule has 0 bridgehead atoms. The quantitative estimate of drug-likeness (QED) is 0.552. The fourth-order valence-electron chi connectivity index (χ4n) is 3.64. The van der Waals surface area contributed by atoms with Crippen LogP contribution in [0.1, 0.15) is 33.7 Å². The van der Waals surface area contributed by atoms with Crippen LogP contribution in [0, 0.1) is 5.92 Å². The first-order valence-corrected chi connectivity index (χ1v) is 9.01. The van der Waals surface area contributed by atoms with E-state index in [1.165, 1.54) is 5.56 Å². The first-order chi connectivity index (χ1) is 13.2. The van der Waals surface area contributed by atoms with Crippen LogP contribution in [0.2, 0.25) is 0 Å². The standard InChI is InChI=1S/C21H20N4O2/c26-21(25-27)16-6-5-15-4-3-14(10-18(15)12-16)11-20-23-9-7-19(24-20)17-2-1-8-22-13-17/h1-2,5-9,12-14,27H,3-4,10-11H2,(H,25,26). The average molecular weight is 360 g/mol. The molecule has 3 aromatic rings. The molecule has 136 valence electrons. The Labute approximate surface area is 157 Å². The molecule has 0 aliphatic heterocycles. The van der Waals surface area contributed by atoms with Crippen LogP contribution in [0.5, 0.6) is 0 Å². The molecule has 0 saturated heterocycles. The molecule has 1 aromatic carbocycles. The number of hydroxylamine groups is 1. The Morgan fingerprint density at radius 1 is 1.19 bits per heavy atom. The molecule has 0 spiro atoms. The van der Waals surface area contributed by atoms with E-state index in [1.807, 2.05) is 30.3 Å². The number of nitrogens with zero attached hydrogens (tertiary/aromatic N) is 3. The van der Waals surface area contributed by atoms with Gasteiger partial charge in [0.2, 0.25) is 0 Å². The number of nitrogens with one attached hydrogen (secondary N) is 1. The molecule has 1 aliphatic carbocycles. The summed E-state index contributed by atoms with van der Waals surface area (Å²) in [5, 5.41) is 8.84. The largest absolute Gasteiger partial charge is 0.288 e. The molecule has 6 heteroatoms. The maximum Gasteiger partial charge on any atom is 0.274 e. The predicted molar refractivity (Wildman–Crippen MR) is 100 cm³/mol. The van der Waals surface area contributed by atoms with E-state index in [9.17, 15) is 4.79 Å². The lowest BCUT2D eigenvalue weighted by Gasteiger charge is -2.24. The summed E-state index contributed by atoms with van der Waals surface area (Å²) in [5.41, 5.74) is 6.47. The zero-order chi connectivity index (χ0) is 18.6. The Hall–Kier alpha value is -3.12. The smallest absolute Gasteiger partial charge is 0.274 e. The Morgan fingerprint density at radius 3 is 2.93 bits per heavy atom. The summed E-state index contributed by atoms with van der Waals surface area (Å²) >= 11 is 0. The van der Waals surface area contributed by atoms with Crippen LogP contribution < -0.4 is 5.48 Å². The SMILES string of the molecule is O=C(NO)c1ccc2c(c1)CC(Cc1nccc(-c3cccnc3)n1)CC2. The van der Waals surface area contributed by atoms with Crippen LogP contribution in [0.25, 0.3) is 11.3 Å². The van der Waals surface area contributed by atoms with Crippen molar-refractivity contribution in [2.24, 2.45) is 5.92 Å². The third-order valence-corrected chi connectivity index (χ3v) is 5.03. The van der Waals surface area contributed by atoms with E-state index in [2.05, 4.69) is 9.97 Å². The van der Waals surface area contributed by atoms with Crippen molar-refractivity contribution in [2.45, 2.75) is 25.7 Å². The highest BCUT2D eigenvalue weighted by Crippen LogP contribution is 2.28. The average Bonchev–Trinajstić information content (AvgIpc) is 2.73. The maximum absolute atomic E-state index is 11.7. The van der Waals surface area contributed by atoms with E-state index >= 15 is 0 Å². The van der Waals surface area contributed by atoms with Gasteiger partial charge in [0.25, 0.3) is 5.91 Å². The van der Waals surface area contributed by atoms with E-state index in [1.54, 1.807) is 30.1 Å². The fourth-order valence-corrected chi connectivity index (χ4v) is 3.64. The summed E-state index contributed by atoms with van der Waals surface area (Å²) in [6.07, 6.45) is 9.06. The van der Waals surface area contributed by atoms with Gasteiger partial charge in [-0.3, -0.25) is 15.0 Å². The molecule has 2 aromatic heterocycles. The van der Waals surface area contributed by atoms with Crippen LogP contribution in [0.4, 0.5) is 0 Å². The number of pyridine rings is 1. The van der Waals surface area contributed by atoms with Crippen molar-refractivity contribution in [3.05, 3.63) is 77.5 Å². The van der Waals surface area contributed by atoms with E-state index in [0.29, 0.717) is 11.5 Å². The number of carbonyl (C=O) groups excluding carboxylic acids is 1. The lowest BCUT2D eigenvalue weighted by atomic mass is 9.81. The third-order valence-electron chi connectivity index (χ3n) is 5.03. The summed E-state index contributed by atoms with van der Waals surface area (Å²) in [4.78, 5) is 25.0. The van der Waals surface area contributed by atoms with Gasteiger partial charge in [-0.15, -0.1) is 0 Å². The number of benzene rings is 1. The molecule has 0 saturated carbocycles. The monoisotopic (exact) mass is 360 g/mol. The first-order valence-electron chi connectivity index (χ1n) is 9.01. The van der Waals surface area contributed by atoms with Crippen molar-refractivity contribution >= 4 is 5.91 Å². The minimum absolute atomic E-state index is 0.425. The van der Waals surface area contributed by atoms with Gasteiger partial charge >= 0.3 is 0 Å². The van der Waals surface area contributed by atoms with Crippen LogP contribution >= 0.6 is 0 Å². The highest BCUT2D eigenvalue weighted by atomic mass is 16.5. The van der Waals surface area contributed by atoms with Crippen molar-refractivity contribution in [3.8, 4) is 11.3 Å². The van der Waals surface area contributed by atoms with Gasteiger partial charge in [0.1, 0.15) is 5.82 Å². The number of hydrogen-bond donors (Lipinski definition) is 2. The minimum Gasteiger partial charge on any atom is -0.288 e. The Morgan fingerprint density at radius 2 is 2.11 bits per heavy atom. The molecule has 0 fully saturated rings. The molecule has 1 amide bonds. The van der Waals surface area contributed by atoms with Gasteiger partial charge in [0, 0.05) is 36.1 Å². The normalized spacial score (nSPS) is 15.8.